The van der Waals surface area contributed by atoms with Crippen LogP contribution in [0.15, 0.2) is 35.6 Å². The highest BCUT2D eigenvalue weighted by Gasteiger charge is 2.37. The quantitative estimate of drug-likeness (QED) is 0.813. The van der Waals surface area contributed by atoms with Gasteiger partial charge >= 0.3 is 0 Å². The lowest BCUT2D eigenvalue weighted by atomic mass is 9.90. The zero-order chi connectivity index (χ0) is 19.8. The third-order valence-electron chi connectivity index (χ3n) is 4.56. The molecule has 2 N–H and O–H groups in total. The Morgan fingerprint density at radius 2 is 2.11 bits per heavy atom. The van der Waals surface area contributed by atoms with E-state index < -0.39 is 5.54 Å². The van der Waals surface area contributed by atoms with E-state index in [9.17, 15) is 9.59 Å². The van der Waals surface area contributed by atoms with Crippen molar-refractivity contribution in [3.05, 3.63) is 58.1 Å². The Labute approximate surface area is 162 Å². The summed E-state index contributed by atoms with van der Waals surface area (Å²) in [6.45, 7) is 3.66. The van der Waals surface area contributed by atoms with Crippen LogP contribution in [0.2, 0.25) is 5.02 Å². The van der Waals surface area contributed by atoms with Crippen LogP contribution in [0.4, 0.5) is 0 Å². The Hall–Kier alpha value is -2.80. The highest BCUT2D eigenvalue weighted by molar-refractivity contribution is 6.33. The summed E-state index contributed by atoms with van der Waals surface area (Å²) < 4.78 is 0. The van der Waals surface area contributed by atoms with Gasteiger partial charge in [-0.25, -0.2) is 4.99 Å². The van der Waals surface area contributed by atoms with Crippen molar-refractivity contribution in [3.8, 4) is 0 Å². The van der Waals surface area contributed by atoms with Crippen LogP contribution in [-0.2, 0) is 16.8 Å². The predicted octanol–water partition coefficient (Wildman–Crippen LogP) is 2.26. The van der Waals surface area contributed by atoms with Crippen molar-refractivity contribution in [2.75, 3.05) is 7.05 Å². The maximum Gasteiger partial charge on any atom is 0.231 e. The highest BCUT2D eigenvalue weighted by Crippen LogP contribution is 2.32. The van der Waals surface area contributed by atoms with Crippen molar-refractivity contribution in [2.24, 2.45) is 10.7 Å². The molecule has 0 radical (unpaired) electrons. The van der Waals surface area contributed by atoms with Gasteiger partial charge < -0.3 is 5.73 Å². The number of halogens is 1. The van der Waals surface area contributed by atoms with Gasteiger partial charge in [0.1, 0.15) is 11.2 Å². The fourth-order valence-electron chi connectivity index (χ4n) is 2.94. The number of guanidine groups is 1. The van der Waals surface area contributed by atoms with Crippen LogP contribution in [-0.4, -0.2) is 39.6 Å². The third kappa shape index (κ3) is 3.83. The lowest BCUT2D eigenvalue weighted by Crippen LogP contribution is -2.47. The highest BCUT2D eigenvalue weighted by atomic mass is 35.5. The number of nitrogens with two attached hydrogens (primary N) is 1. The summed E-state index contributed by atoms with van der Waals surface area (Å²) in [6, 6.07) is 5.23. The van der Waals surface area contributed by atoms with Crippen molar-refractivity contribution in [3.63, 3.8) is 0 Å². The maximum absolute atomic E-state index is 12.6. The van der Waals surface area contributed by atoms with Crippen LogP contribution >= 0.6 is 11.6 Å². The zero-order valence-corrected chi connectivity index (χ0v) is 16.1. The van der Waals surface area contributed by atoms with Gasteiger partial charge in [0.25, 0.3) is 0 Å². The van der Waals surface area contributed by atoms with Crippen LogP contribution < -0.4 is 5.73 Å². The molecule has 0 aliphatic carbocycles. The first-order chi connectivity index (χ1) is 12.7. The lowest BCUT2D eigenvalue weighted by Gasteiger charge is -2.32. The number of hydrogen-bond donors (Lipinski definition) is 1. The van der Waals surface area contributed by atoms with Gasteiger partial charge in [-0.15, -0.1) is 0 Å². The lowest BCUT2D eigenvalue weighted by molar-refractivity contribution is -0.128. The summed E-state index contributed by atoms with van der Waals surface area (Å²) in [5, 5.41) is 0.333. The second-order valence-electron chi connectivity index (χ2n) is 6.87. The molecule has 1 unspecified atom stereocenters. The van der Waals surface area contributed by atoms with E-state index in [-0.39, 0.29) is 36.2 Å². The first-order valence-electron chi connectivity index (χ1n) is 8.42. The molecule has 0 aromatic carbocycles. The number of amides is 1. The monoisotopic (exact) mass is 385 g/mol. The molecule has 7 nitrogen and oxygen atoms in total. The van der Waals surface area contributed by atoms with Crippen molar-refractivity contribution in [1.82, 2.24) is 14.9 Å². The van der Waals surface area contributed by atoms with Gasteiger partial charge in [0.2, 0.25) is 5.91 Å². The molecule has 0 saturated heterocycles. The molecular weight excluding hydrogens is 366 g/mol. The SMILES string of the molecule is Cc1cnc(C(=O)Cc2ccnc(C3(C)CC(=O)N(C)C(N)=N3)c2)c(Cl)c1. The molecule has 1 amide bonds. The van der Waals surface area contributed by atoms with E-state index >= 15 is 0 Å². The van der Waals surface area contributed by atoms with Crippen LogP contribution in [0.25, 0.3) is 0 Å². The van der Waals surface area contributed by atoms with E-state index in [0.717, 1.165) is 11.1 Å². The number of aromatic nitrogens is 2. The molecule has 140 valence electrons. The van der Waals surface area contributed by atoms with Gasteiger partial charge in [-0.05, 0) is 43.2 Å². The summed E-state index contributed by atoms with van der Waals surface area (Å²) in [5.74, 6) is -0.179. The number of hydrogen-bond acceptors (Lipinski definition) is 6. The summed E-state index contributed by atoms with van der Waals surface area (Å²) >= 11 is 6.14. The molecule has 8 heteroatoms. The topological polar surface area (TPSA) is 102 Å². The number of rotatable bonds is 4. The minimum absolute atomic E-state index is 0.119. The number of Topliss-reactive ketones (excluding diaryl/α,β-unsaturated/α-hetero) is 1. The number of aliphatic imine (C=N–C) groups is 1. The molecule has 3 heterocycles. The first-order valence-corrected chi connectivity index (χ1v) is 8.80. The van der Waals surface area contributed by atoms with Crippen LogP contribution in [0.5, 0.6) is 0 Å². The molecule has 0 bridgehead atoms. The van der Waals surface area contributed by atoms with E-state index in [1.165, 1.54) is 4.90 Å². The summed E-state index contributed by atoms with van der Waals surface area (Å²) in [4.78, 5) is 39.0. The van der Waals surface area contributed by atoms with E-state index in [1.54, 1.807) is 44.6 Å². The second kappa shape index (κ2) is 7.08. The van der Waals surface area contributed by atoms with Crippen molar-refractivity contribution in [1.29, 1.82) is 0 Å². The van der Waals surface area contributed by atoms with Crippen LogP contribution in [0.1, 0.15) is 40.7 Å². The fraction of sp³-hybridized carbons (Fsp3) is 0.316. The molecule has 0 spiro atoms. The van der Waals surface area contributed by atoms with Crippen molar-refractivity contribution in [2.45, 2.75) is 32.2 Å². The van der Waals surface area contributed by atoms with Gasteiger partial charge in [0, 0.05) is 25.9 Å². The van der Waals surface area contributed by atoms with E-state index in [0.29, 0.717) is 10.7 Å². The van der Waals surface area contributed by atoms with Crippen LogP contribution in [0.3, 0.4) is 0 Å². The number of carbonyl (C=O) groups is 2. The molecular formula is C19H20ClN5O2. The Morgan fingerprint density at radius 3 is 2.78 bits per heavy atom. The van der Waals surface area contributed by atoms with Crippen molar-refractivity contribution < 1.29 is 9.59 Å². The normalized spacial score (nSPS) is 19.8. The molecule has 3 rings (SSSR count). The number of aryl methyl sites for hydroxylation is 1. The second-order valence-corrected chi connectivity index (χ2v) is 7.27. The van der Waals surface area contributed by atoms with Gasteiger partial charge in [-0.2, -0.15) is 0 Å². The Balaban J connectivity index is 1.88. The zero-order valence-electron chi connectivity index (χ0n) is 15.4. The van der Waals surface area contributed by atoms with E-state index in [1.807, 2.05) is 6.92 Å². The average molecular weight is 386 g/mol. The smallest absolute Gasteiger partial charge is 0.231 e. The fourth-order valence-corrected chi connectivity index (χ4v) is 3.27. The van der Waals surface area contributed by atoms with Gasteiger partial charge in [0.05, 0.1) is 17.1 Å². The Kier molecular flexibility index (Phi) is 4.97. The number of ketones is 1. The number of carbonyl (C=O) groups excluding carboxylic acids is 2. The van der Waals surface area contributed by atoms with Gasteiger partial charge in [-0.1, -0.05) is 11.6 Å². The molecule has 27 heavy (non-hydrogen) atoms. The minimum Gasteiger partial charge on any atom is -0.369 e. The molecule has 0 fully saturated rings. The third-order valence-corrected chi connectivity index (χ3v) is 4.85. The molecule has 1 aliphatic rings. The Morgan fingerprint density at radius 1 is 1.37 bits per heavy atom. The standard InChI is InChI=1S/C19H20ClN5O2/c1-11-6-13(20)17(23-10-11)14(26)7-12-4-5-22-15(8-12)19(2)9-16(27)25(3)18(21)24-19/h4-6,8,10H,7,9H2,1-3H3,(H2,21,24). The first kappa shape index (κ1) is 19.0. The number of pyridine rings is 2. The molecule has 1 atom stereocenters. The minimum atomic E-state index is -0.869. The molecule has 0 saturated carbocycles. The van der Waals surface area contributed by atoms with E-state index in [2.05, 4.69) is 15.0 Å². The van der Waals surface area contributed by atoms with E-state index in [4.69, 9.17) is 17.3 Å². The van der Waals surface area contributed by atoms with Gasteiger partial charge in [-0.3, -0.25) is 24.5 Å². The molecule has 1 aliphatic heterocycles. The number of nitrogens with zero attached hydrogens (tertiary/aromatic N) is 4. The summed E-state index contributed by atoms with van der Waals surface area (Å²) in [6.07, 6.45) is 3.48. The van der Waals surface area contributed by atoms with Gasteiger partial charge in [0.15, 0.2) is 11.7 Å². The largest absolute Gasteiger partial charge is 0.369 e. The van der Waals surface area contributed by atoms with Crippen molar-refractivity contribution >= 4 is 29.3 Å². The summed E-state index contributed by atoms with van der Waals surface area (Å²) in [7, 11) is 1.58. The Bertz CT molecular complexity index is 959. The average Bonchev–Trinajstić information content (AvgIpc) is 2.59. The molecule has 2 aromatic rings. The predicted molar refractivity (Wildman–Crippen MR) is 103 cm³/mol. The summed E-state index contributed by atoms with van der Waals surface area (Å²) in [5.41, 5.74) is 7.44. The maximum atomic E-state index is 12.6. The van der Waals surface area contributed by atoms with Crippen LogP contribution in [0, 0.1) is 6.92 Å². The molecule has 2 aromatic heterocycles.